The summed E-state index contributed by atoms with van der Waals surface area (Å²) in [4.78, 5) is 0. The molecule has 0 saturated heterocycles. The van der Waals surface area contributed by atoms with Crippen molar-refractivity contribution in [1.82, 2.24) is 0 Å². The van der Waals surface area contributed by atoms with Crippen molar-refractivity contribution in [2.24, 2.45) is 0 Å². The molecule has 0 aliphatic rings. The molecule has 1 aromatic rings. The fourth-order valence-electron chi connectivity index (χ4n) is 1.16. The number of aromatic hydroxyl groups is 1. The zero-order valence-corrected chi connectivity index (χ0v) is 8.29. The van der Waals surface area contributed by atoms with Crippen molar-refractivity contribution in [3.63, 3.8) is 0 Å². The first kappa shape index (κ1) is 11.2. The first-order chi connectivity index (χ1) is 6.37. The molecule has 0 aliphatic carbocycles. The maximum Gasteiger partial charge on any atom is 0.186 e. The molecule has 0 amide bonds. The average Bonchev–Trinajstić information content (AvgIpc) is 2.11. The second-order valence-corrected chi connectivity index (χ2v) is 3.55. The Morgan fingerprint density at radius 2 is 1.57 bits per heavy atom. The molecular weight excluding hydrogens is 217 g/mol. The summed E-state index contributed by atoms with van der Waals surface area (Å²) in [7, 11) is 0. The van der Waals surface area contributed by atoms with Gasteiger partial charge in [0.1, 0.15) is 5.02 Å². The van der Waals surface area contributed by atoms with E-state index in [2.05, 4.69) is 0 Å². The summed E-state index contributed by atoms with van der Waals surface area (Å²) < 4.78 is 39.1. The Hall–Kier alpha value is -0.900. The summed E-state index contributed by atoms with van der Waals surface area (Å²) >= 11 is 5.11. The first-order valence-electron chi connectivity index (χ1n) is 3.92. The van der Waals surface area contributed by atoms with Crippen LogP contribution in [0.15, 0.2) is 0 Å². The molecule has 1 nitrogen and oxygen atoms in total. The zero-order valence-electron chi connectivity index (χ0n) is 7.54. The molecule has 0 spiro atoms. The van der Waals surface area contributed by atoms with Crippen LogP contribution >= 0.6 is 11.6 Å². The number of hydrogen-bond acceptors (Lipinski definition) is 1. The van der Waals surface area contributed by atoms with Crippen molar-refractivity contribution in [3.05, 3.63) is 28.0 Å². The van der Waals surface area contributed by atoms with Crippen LogP contribution in [0.5, 0.6) is 5.75 Å². The van der Waals surface area contributed by atoms with E-state index in [1.165, 1.54) is 13.8 Å². The topological polar surface area (TPSA) is 20.2 Å². The van der Waals surface area contributed by atoms with Crippen LogP contribution in [0.2, 0.25) is 5.02 Å². The Kier molecular flexibility index (Phi) is 2.95. The van der Waals surface area contributed by atoms with Crippen molar-refractivity contribution in [2.45, 2.75) is 19.8 Å². The highest BCUT2D eigenvalue weighted by Crippen LogP contribution is 2.36. The number of phenols is 1. The van der Waals surface area contributed by atoms with Gasteiger partial charge < -0.3 is 5.11 Å². The lowest BCUT2D eigenvalue weighted by molar-refractivity contribution is 0.398. The number of phenolic OH excluding ortho intramolecular Hbond substituents is 1. The Morgan fingerprint density at radius 3 is 2.00 bits per heavy atom. The quantitative estimate of drug-likeness (QED) is 0.571. The maximum atomic E-state index is 13.2. The van der Waals surface area contributed by atoms with Gasteiger partial charge in [-0.2, -0.15) is 0 Å². The Morgan fingerprint density at radius 1 is 1.07 bits per heavy atom. The second kappa shape index (κ2) is 3.69. The third kappa shape index (κ3) is 1.54. The van der Waals surface area contributed by atoms with Gasteiger partial charge in [0.2, 0.25) is 0 Å². The molecule has 0 saturated carbocycles. The number of benzene rings is 1. The van der Waals surface area contributed by atoms with Crippen LogP contribution in [0, 0.1) is 17.5 Å². The molecule has 0 heterocycles. The third-order valence-electron chi connectivity index (χ3n) is 1.85. The summed E-state index contributed by atoms with van der Waals surface area (Å²) in [5, 5.41) is 8.16. The molecular formula is C9H8ClF3O. The Balaban J connectivity index is 3.60. The smallest absolute Gasteiger partial charge is 0.186 e. The van der Waals surface area contributed by atoms with Gasteiger partial charge in [-0.15, -0.1) is 0 Å². The number of rotatable bonds is 1. The first-order valence-corrected chi connectivity index (χ1v) is 4.30. The molecule has 5 heteroatoms. The summed E-state index contributed by atoms with van der Waals surface area (Å²) in [6, 6.07) is 0. The van der Waals surface area contributed by atoms with Gasteiger partial charge in [0.25, 0.3) is 0 Å². The van der Waals surface area contributed by atoms with Gasteiger partial charge in [0, 0.05) is 5.56 Å². The zero-order chi connectivity index (χ0) is 11.0. The molecule has 78 valence electrons. The largest absolute Gasteiger partial charge is 0.505 e. The molecule has 0 atom stereocenters. The van der Waals surface area contributed by atoms with Crippen LogP contribution in [0.3, 0.4) is 0 Å². The summed E-state index contributed by atoms with van der Waals surface area (Å²) in [6.07, 6.45) is 0. The van der Waals surface area contributed by atoms with E-state index in [9.17, 15) is 18.3 Å². The van der Waals surface area contributed by atoms with Crippen LogP contribution in [-0.2, 0) is 0 Å². The van der Waals surface area contributed by atoms with E-state index < -0.39 is 39.7 Å². The second-order valence-electron chi connectivity index (χ2n) is 3.17. The van der Waals surface area contributed by atoms with Crippen molar-refractivity contribution in [3.8, 4) is 5.75 Å². The predicted octanol–water partition coefficient (Wildman–Crippen LogP) is 3.59. The van der Waals surface area contributed by atoms with Crippen LogP contribution in [-0.4, -0.2) is 5.11 Å². The van der Waals surface area contributed by atoms with E-state index in [1.54, 1.807) is 0 Å². The Bertz CT molecular complexity index is 348. The highest BCUT2D eigenvalue weighted by molar-refractivity contribution is 6.31. The molecule has 0 aromatic heterocycles. The number of hydrogen-bond donors (Lipinski definition) is 1. The van der Waals surface area contributed by atoms with E-state index in [4.69, 9.17) is 11.6 Å². The minimum Gasteiger partial charge on any atom is -0.505 e. The predicted molar refractivity (Wildman–Crippen MR) is 47.1 cm³/mol. The van der Waals surface area contributed by atoms with Crippen molar-refractivity contribution < 1.29 is 18.3 Å². The highest BCUT2D eigenvalue weighted by Gasteiger charge is 2.25. The van der Waals surface area contributed by atoms with Crippen molar-refractivity contribution in [2.75, 3.05) is 0 Å². The molecule has 0 radical (unpaired) electrons. The minimum absolute atomic E-state index is 0.399. The minimum atomic E-state index is -1.47. The fraction of sp³-hybridized carbons (Fsp3) is 0.333. The van der Waals surface area contributed by atoms with Crippen LogP contribution in [0.4, 0.5) is 13.2 Å². The van der Waals surface area contributed by atoms with E-state index in [0.29, 0.717) is 0 Å². The van der Waals surface area contributed by atoms with Gasteiger partial charge >= 0.3 is 0 Å². The van der Waals surface area contributed by atoms with E-state index >= 15 is 0 Å². The molecule has 0 aliphatic heterocycles. The van der Waals surface area contributed by atoms with E-state index in [1.807, 2.05) is 0 Å². The average molecular weight is 225 g/mol. The van der Waals surface area contributed by atoms with Gasteiger partial charge in [-0.05, 0) is 5.92 Å². The lowest BCUT2D eigenvalue weighted by Crippen LogP contribution is -2.01. The third-order valence-corrected chi connectivity index (χ3v) is 2.19. The molecule has 1 N–H and O–H groups in total. The standard InChI is InChI=1S/C9H8ClF3O/c1-3(2)4-6(11)7(12)5(10)8(13)9(4)14/h3,14H,1-2H3. The SMILES string of the molecule is CC(C)c1c(O)c(F)c(Cl)c(F)c1F. The fourth-order valence-corrected chi connectivity index (χ4v) is 1.34. The van der Waals surface area contributed by atoms with Crippen molar-refractivity contribution >= 4 is 11.6 Å². The monoisotopic (exact) mass is 224 g/mol. The number of halogens is 4. The van der Waals surface area contributed by atoms with Crippen molar-refractivity contribution in [1.29, 1.82) is 0 Å². The normalized spacial score (nSPS) is 11.1. The molecule has 14 heavy (non-hydrogen) atoms. The molecule has 1 aromatic carbocycles. The van der Waals surface area contributed by atoms with E-state index in [0.717, 1.165) is 0 Å². The van der Waals surface area contributed by atoms with Gasteiger partial charge in [-0.1, -0.05) is 25.4 Å². The van der Waals surface area contributed by atoms with Gasteiger partial charge in [0.05, 0.1) is 0 Å². The van der Waals surface area contributed by atoms with Crippen LogP contribution in [0.25, 0.3) is 0 Å². The molecule has 0 fully saturated rings. The van der Waals surface area contributed by atoms with Gasteiger partial charge in [-0.25, -0.2) is 13.2 Å². The lowest BCUT2D eigenvalue weighted by atomic mass is 10.0. The van der Waals surface area contributed by atoms with Crippen LogP contribution < -0.4 is 0 Å². The molecule has 1 rings (SSSR count). The van der Waals surface area contributed by atoms with Gasteiger partial charge in [0.15, 0.2) is 23.2 Å². The van der Waals surface area contributed by atoms with Gasteiger partial charge in [-0.3, -0.25) is 0 Å². The maximum absolute atomic E-state index is 13.2. The summed E-state index contributed by atoms with van der Waals surface area (Å²) in [6.45, 7) is 3.01. The van der Waals surface area contributed by atoms with Crippen LogP contribution in [0.1, 0.15) is 25.3 Å². The lowest BCUT2D eigenvalue weighted by Gasteiger charge is -2.12. The summed E-state index contributed by atoms with van der Waals surface area (Å²) in [5.74, 6) is -5.55. The molecule has 0 unspecified atom stereocenters. The summed E-state index contributed by atoms with van der Waals surface area (Å²) in [5.41, 5.74) is -0.399. The molecule has 0 bridgehead atoms. The highest BCUT2D eigenvalue weighted by atomic mass is 35.5. The van der Waals surface area contributed by atoms with E-state index in [-0.39, 0.29) is 0 Å². The Labute approximate surface area is 84.1 Å².